The molecule has 2 aromatic carbocycles. The minimum atomic E-state index is -0.297. The van der Waals surface area contributed by atoms with Crippen LogP contribution in [0.25, 0.3) is 0 Å². The fraction of sp³-hybridized carbons (Fsp3) is 0.235. The van der Waals surface area contributed by atoms with Gasteiger partial charge in [0.05, 0.1) is 12.2 Å². The lowest BCUT2D eigenvalue weighted by molar-refractivity contribution is 0.0526. The van der Waals surface area contributed by atoms with Gasteiger partial charge in [0, 0.05) is 16.2 Å². The highest BCUT2D eigenvalue weighted by molar-refractivity contribution is 9.10. The second kappa shape index (κ2) is 8.81. The number of rotatable bonds is 5. The van der Waals surface area contributed by atoms with E-state index in [0.717, 1.165) is 10.2 Å². The molecule has 0 aliphatic heterocycles. The highest BCUT2D eigenvalue weighted by Crippen LogP contribution is 2.26. The topological polar surface area (TPSA) is 38.3 Å². The summed E-state index contributed by atoms with van der Waals surface area (Å²) in [4.78, 5) is 11.7. The second-order valence-corrected chi connectivity index (χ2v) is 5.54. The van der Waals surface area contributed by atoms with Crippen molar-refractivity contribution >= 4 is 40.0 Å². The summed E-state index contributed by atoms with van der Waals surface area (Å²) in [6, 6.07) is 15.6. The van der Waals surface area contributed by atoms with E-state index >= 15 is 0 Å². The summed E-state index contributed by atoms with van der Waals surface area (Å²) < 4.78 is 6.08. The predicted octanol–water partition coefficient (Wildman–Crippen LogP) is 5.22. The average Bonchev–Trinajstić information content (AvgIpc) is 2.48. The zero-order valence-electron chi connectivity index (χ0n) is 12.5. The molecule has 0 fully saturated rings. The lowest BCUT2D eigenvalue weighted by Gasteiger charge is -2.17. The van der Waals surface area contributed by atoms with Crippen molar-refractivity contribution < 1.29 is 9.53 Å². The molecule has 2 aromatic rings. The molecular formula is C17H19BrClNO2. The molecule has 0 bridgehead atoms. The van der Waals surface area contributed by atoms with Crippen LogP contribution in [0.5, 0.6) is 0 Å². The zero-order chi connectivity index (χ0) is 15.2. The third-order valence-corrected chi connectivity index (χ3v) is 3.85. The lowest BCUT2D eigenvalue weighted by atomic mass is 10.1. The van der Waals surface area contributed by atoms with Crippen LogP contribution < -0.4 is 5.32 Å². The van der Waals surface area contributed by atoms with Crippen LogP contribution in [0.15, 0.2) is 53.0 Å². The minimum absolute atomic E-state index is 0. The molecule has 118 valence electrons. The number of halogens is 2. The van der Waals surface area contributed by atoms with Crippen molar-refractivity contribution in [2.45, 2.75) is 19.9 Å². The predicted molar refractivity (Wildman–Crippen MR) is 95.8 cm³/mol. The highest BCUT2D eigenvalue weighted by atomic mass is 79.9. The molecule has 1 unspecified atom stereocenters. The van der Waals surface area contributed by atoms with Gasteiger partial charge >= 0.3 is 5.97 Å². The molecule has 0 saturated heterocycles. The van der Waals surface area contributed by atoms with Gasteiger partial charge in [0.25, 0.3) is 0 Å². The third kappa shape index (κ3) is 4.75. The summed E-state index contributed by atoms with van der Waals surface area (Å²) in [7, 11) is 0. The van der Waals surface area contributed by atoms with Crippen LogP contribution in [0.2, 0.25) is 0 Å². The fourth-order valence-corrected chi connectivity index (χ4v) is 2.73. The molecule has 0 amide bonds. The molecule has 0 spiro atoms. The normalized spacial score (nSPS) is 11.2. The number of hydrogen-bond donors (Lipinski definition) is 1. The number of ether oxygens (including phenoxy) is 1. The van der Waals surface area contributed by atoms with Gasteiger partial charge in [-0.2, -0.15) is 0 Å². The standard InChI is InChI=1S/C17H18BrNO2.ClH/c1-3-21-17(20)13-7-6-8-14(11-13)19-12(2)15-9-4-5-10-16(15)18;/h4-12,19H,3H2,1-2H3;1H. The molecule has 2 rings (SSSR count). The smallest absolute Gasteiger partial charge is 0.338 e. The first-order valence-corrected chi connectivity index (χ1v) is 7.69. The third-order valence-electron chi connectivity index (χ3n) is 3.13. The van der Waals surface area contributed by atoms with Crippen LogP contribution in [0.3, 0.4) is 0 Å². The summed E-state index contributed by atoms with van der Waals surface area (Å²) in [5.74, 6) is -0.297. The van der Waals surface area contributed by atoms with Gasteiger partial charge in [-0.3, -0.25) is 0 Å². The highest BCUT2D eigenvalue weighted by Gasteiger charge is 2.11. The number of carbonyl (C=O) groups excluding carboxylic acids is 1. The molecule has 0 aromatic heterocycles. The summed E-state index contributed by atoms with van der Waals surface area (Å²) in [5, 5.41) is 3.40. The Balaban J connectivity index is 0.00000242. The fourth-order valence-electron chi connectivity index (χ4n) is 2.10. The van der Waals surface area contributed by atoms with Gasteiger partial charge in [-0.25, -0.2) is 4.79 Å². The summed E-state index contributed by atoms with van der Waals surface area (Å²) in [6.07, 6.45) is 0. The zero-order valence-corrected chi connectivity index (χ0v) is 14.9. The Labute approximate surface area is 145 Å². The van der Waals surface area contributed by atoms with E-state index in [0.29, 0.717) is 12.2 Å². The quantitative estimate of drug-likeness (QED) is 0.718. The maximum absolute atomic E-state index is 11.7. The molecule has 0 aliphatic rings. The Bertz CT molecular complexity index is 634. The van der Waals surface area contributed by atoms with Crippen LogP contribution in [0.1, 0.15) is 35.8 Å². The van der Waals surface area contributed by atoms with Crippen molar-refractivity contribution in [3.8, 4) is 0 Å². The van der Waals surface area contributed by atoms with Crippen molar-refractivity contribution in [1.29, 1.82) is 0 Å². The number of benzene rings is 2. The van der Waals surface area contributed by atoms with Crippen LogP contribution in [-0.2, 0) is 4.74 Å². The van der Waals surface area contributed by atoms with E-state index in [1.165, 1.54) is 5.56 Å². The number of esters is 1. The number of hydrogen-bond acceptors (Lipinski definition) is 3. The van der Waals surface area contributed by atoms with Gasteiger partial charge in [-0.1, -0.05) is 40.2 Å². The molecular weight excluding hydrogens is 366 g/mol. The van der Waals surface area contributed by atoms with E-state index in [9.17, 15) is 4.79 Å². The van der Waals surface area contributed by atoms with E-state index in [4.69, 9.17) is 4.74 Å². The van der Waals surface area contributed by atoms with E-state index in [1.807, 2.05) is 36.4 Å². The Morgan fingerprint density at radius 3 is 2.64 bits per heavy atom. The monoisotopic (exact) mass is 383 g/mol. The number of carbonyl (C=O) groups is 1. The van der Waals surface area contributed by atoms with Crippen molar-refractivity contribution in [1.82, 2.24) is 0 Å². The molecule has 0 aliphatic carbocycles. The first kappa shape index (κ1) is 18.5. The van der Waals surface area contributed by atoms with Crippen molar-refractivity contribution in [3.63, 3.8) is 0 Å². The van der Waals surface area contributed by atoms with Crippen LogP contribution in [-0.4, -0.2) is 12.6 Å². The first-order valence-electron chi connectivity index (χ1n) is 6.90. The van der Waals surface area contributed by atoms with E-state index in [2.05, 4.69) is 34.2 Å². The van der Waals surface area contributed by atoms with Crippen molar-refractivity contribution in [3.05, 3.63) is 64.1 Å². The minimum Gasteiger partial charge on any atom is -0.462 e. The van der Waals surface area contributed by atoms with Gasteiger partial charge in [0.15, 0.2) is 0 Å². The Hall–Kier alpha value is -1.52. The van der Waals surface area contributed by atoms with Crippen LogP contribution >= 0.6 is 28.3 Å². The van der Waals surface area contributed by atoms with E-state index in [1.54, 1.807) is 13.0 Å². The number of nitrogens with one attached hydrogen (secondary N) is 1. The van der Waals surface area contributed by atoms with Crippen LogP contribution in [0.4, 0.5) is 5.69 Å². The van der Waals surface area contributed by atoms with Gasteiger partial charge in [0.2, 0.25) is 0 Å². The number of anilines is 1. The molecule has 3 nitrogen and oxygen atoms in total. The SMILES string of the molecule is CCOC(=O)c1cccc(NC(C)c2ccccc2Br)c1.Cl. The van der Waals surface area contributed by atoms with Crippen molar-refractivity contribution in [2.75, 3.05) is 11.9 Å². The van der Waals surface area contributed by atoms with Crippen LogP contribution in [0, 0.1) is 0 Å². The summed E-state index contributed by atoms with van der Waals surface area (Å²) >= 11 is 3.55. The Morgan fingerprint density at radius 1 is 1.23 bits per heavy atom. The molecule has 22 heavy (non-hydrogen) atoms. The molecule has 0 saturated carbocycles. The van der Waals surface area contributed by atoms with Gasteiger partial charge < -0.3 is 10.1 Å². The molecule has 5 heteroatoms. The molecule has 0 radical (unpaired) electrons. The maximum atomic E-state index is 11.7. The van der Waals surface area contributed by atoms with Gasteiger partial charge in [-0.15, -0.1) is 12.4 Å². The molecule has 0 heterocycles. The van der Waals surface area contributed by atoms with E-state index < -0.39 is 0 Å². The molecule has 1 N–H and O–H groups in total. The van der Waals surface area contributed by atoms with E-state index in [-0.39, 0.29) is 24.4 Å². The van der Waals surface area contributed by atoms with Gasteiger partial charge in [0.1, 0.15) is 0 Å². The molecule has 1 atom stereocenters. The van der Waals surface area contributed by atoms with Gasteiger partial charge in [-0.05, 0) is 43.7 Å². The van der Waals surface area contributed by atoms with Crippen molar-refractivity contribution in [2.24, 2.45) is 0 Å². The Morgan fingerprint density at radius 2 is 1.95 bits per heavy atom. The average molecular weight is 385 g/mol. The maximum Gasteiger partial charge on any atom is 0.338 e. The first-order chi connectivity index (χ1) is 10.1. The summed E-state index contributed by atoms with van der Waals surface area (Å²) in [5.41, 5.74) is 2.61. The Kier molecular flexibility index (Phi) is 7.42. The second-order valence-electron chi connectivity index (χ2n) is 4.69. The lowest BCUT2D eigenvalue weighted by Crippen LogP contribution is -2.09. The summed E-state index contributed by atoms with van der Waals surface area (Å²) in [6.45, 7) is 4.26. The largest absolute Gasteiger partial charge is 0.462 e.